The van der Waals surface area contributed by atoms with Gasteiger partial charge in [0.2, 0.25) is 0 Å². The van der Waals surface area contributed by atoms with Gasteiger partial charge in [-0.05, 0) is 81.3 Å². The van der Waals surface area contributed by atoms with Crippen molar-refractivity contribution in [3.63, 3.8) is 0 Å². The summed E-state index contributed by atoms with van der Waals surface area (Å²) in [4.78, 5) is 29.1. The lowest BCUT2D eigenvalue weighted by atomic mass is 9.97. The van der Waals surface area contributed by atoms with E-state index in [0.717, 1.165) is 74.3 Å². The van der Waals surface area contributed by atoms with Crippen LogP contribution in [0, 0.1) is 12.8 Å². The quantitative estimate of drug-likeness (QED) is 0.713. The minimum atomic E-state index is 0.119. The molecule has 2 saturated heterocycles. The highest BCUT2D eigenvalue weighted by Crippen LogP contribution is 2.22. The van der Waals surface area contributed by atoms with Gasteiger partial charge in [-0.25, -0.2) is 0 Å². The molecule has 0 saturated carbocycles. The van der Waals surface area contributed by atoms with Gasteiger partial charge in [-0.15, -0.1) is 0 Å². The molecular weight excluding hydrogens is 388 g/mol. The molecule has 2 fully saturated rings. The number of aryl methyl sites for hydroxylation is 1. The minimum absolute atomic E-state index is 0.119. The van der Waals surface area contributed by atoms with Crippen LogP contribution in [0.5, 0.6) is 5.75 Å². The summed E-state index contributed by atoms with van der Waals surface area (Å²) in [7, 11) is 0. The van der Waals surface area contributed by atoms with Gasteiger partial charge in [0.1, 0.15) is 5.75 Å². The third-order valence-electron chi connectivity index (χ3n) is 6.43. The third kappa shape index (κ3) is 5.46. The smallest absolute Gasteiger partial charge is 0.253 e. The summed E-state index contributed by atoms with van der Waals surface area (Å²) < 4.78 is 5.99. The van der Waals surface area contributed by atoms with Gasteiger partial charge in [0.05, 0.1) is 6.61 Å². The van der Waals surface area contributed by atoms with E-state index >= 15 is 0 Å². The van der Waals surface area contributed by atoms with Crippen LogP contribution in [-0.4, -0.2) is 54.4 Å². The van der Waals surface area contributed by atoms with Crippen LogP contribution in [0.25, 0.3) is 0 Å². The lowest BCUT2D eigenvalue weighted by Crippen LogP contribution is -2.39. The summed E-state index contributed by atoms with van der Waals surface area (Å²) in [6.45, 7) is 5.93. The molecule has 0 bridgehead atoms. The first kappa shape index (κ1) is 21.4. The van der Waals surface area contributed by atoms with E-state index in [1.54, 1.807) is 0 Å². The molecule has 2 aliphatic rings. The van der Waals surface area contributed by atoms with Crippen LogP contribution in [-0.2, 0) is 0 Å². The summed E-state index contributed by atoms with van der Waals surface area (Å²) in [6, 6.07) is 15.3. The largest absolute Gasteiger partial charge is 0.493 e. The molecule has 31 heavy (non-hydrogen) atoms. The molecule has 5 nitrogen and oxygen atoms in total. The van der Waals surface area contributed by atoms with Gasteiger partial charge in [-0.2, -0.15) is 0 Å². The molecule has 0 aliphatic carbocycles. The molecule has 0 aromatic heterocycles. The van der Waals surface area contributed by atoms with Crippen molar-refractivity contribution >= 4 is 11.8 Å². The Morgan fingerprint density at radius 1 is 0.774 bits per heavy atom. The molecule has 2 aromatic carbocycles. The normalized spacial score (nSPS) is 17.5. The van der Waals surface area contributed by atoms with Gasteiger partial charge in [-0.1, -0.05) is 17.7 Å². The number of piperidine rings is 2. The molecule has 0 spiro atoms. The maximum atomic E-state index is 12.7. The Labute approximate surface area is 185 Å². The van der Waals surface area contributed by atoms with Gasteiger partial charge >= 0.3 is 0 Å². The van der Waals surface area contributed by atoms with Crippen molar-refractivity contribution < 1.29 is 14.3 Å². The van der Waals surface area contributed by atoms with E-state index < -0.39 is 0 Å². The van der Waals surface area contributed by atoms with Crippen LogP contribution < -0.4 is 4.74 Å². The number of rotatable bonds is 5. The lowest BCUT2D eigenvalue weighted by molar-refractivity contribution is 0.0659. The van der Waals surface area contributed by atoms with Gasteiger partial charge in [-0.3, -0.25) is 9.59 Å². The number of hydrogen-bond acceptors (Lipinski definition) is 3. The summed E-state index contributed by atoms with van der Waals surface area (Å²) in [6.07, 6.45) is 5.31. The Morgan fingerprint density at radius 3 is 1.87 bits per heavy atom. The van der Waals surface area contributed by atoms with Crippen LogP contribution in [0.3, 0.4) is 0 Å². The zero-order valence-electron chi connectivity index (χ0n) is 18.4. The fourth-order valence-electron chi connectivity index (χ4n) is 4.37. The first-order chi connectivity index (χ1) is 15.1. The summed E-state index contributed by atoms with van der Waals surface area (Å²) in [5.74, 6) is 1.48. The third-order valence-corrected chi connectivity index (χ3v) is 6.43. The molecule has 0 unspecified atom stereocenters. The summed E-state index contributed by atoms with van der Waals surface area (Å²) >= 11 is 0. The first-order valence-electron chi connectivity index (χ1n) is 11.5. The number of carbonyl (C=O) groups excluding carboxylic acids is 2. The van der Waals surface area contributed by atoms with E-state index in [9.17, 15) is 9.59 Å². The maximum absolute atomic E-state index is 12.7. The average Bonchev–Trinajstić information content (AvgIpc) is 2.83. The highest BCUT2D eigenvalue weighted by molar-refractivity contribution is 5.94. The van der Waals surface area contributed by atoms with Crippen LogP contribution in [0.4, 0.5) is 0 Å². The fraction of sp³-hybridized carbons (Fsp3) is 0.462. The highest BCUT2D eigenvalue weighted by atomic mass is 16.5. The van der Waals surface area contributed by atoms with Gasteiger partial charge in [0.25, 0.3) is 11.8 Å². The van der Waals surface area contributed by atoms with Crippen LogP contribution in [0.2, 0.25) is 0 Å². The fourth-order valence-corrected chi connectivity index (χ4v) is 4.37. The zero-order valence-corrected chi connectivity index (χ0v) is 18.4. The number of carbonyl (C=O) groups is 2. The van der Waals surface area contributed by atoms with Gasteiger partial charge < -0.3 is 14.5 Å². The van der Waals surface area contributed by atoms with Crippen molar-refractivity contribution in [3.05, 3.63) is 65.2 Å². The minimum Gasteiger partial charge on any atom is -0.493 e. The molecule has 0 N–H and O–H groups in total. The van der Waals surface area contributed by atoms with Crippen molar-refractivity contribution in [2.75, 3.05) is 32.8 Å². The molecule has 5 heteroatoms. The number of nitrogens with zero attached hydrogens (tertiary/aromatic N) is 2. The molecule has 2 aliphatic heterocycles. The van der Waals surface area contributed by atoms with Gasteiger partial charge in [0, 0.05) is 37.3 Å². The number of likely N-dealkylation sites (tertiary alicyclic amines) is 2. The maximum Gasteiger partial charge on any atom is 0.253 e. The molecule has 2 amide bonds. The monoisotopic (exact) mass is 420 g/mol. The highest BCUT2D eigenvalue weighted by Gasteiger charge is 2.24. The van der Waals surface area contributed by atoms with Crippen molar-refractivity contribution in [2.24, 2.45) is 5.92 Å². The zero-order chi connectivity index (χ0) is 21.6. The number of amides is 2. The number of ether oxygens (including phenoxy) is 1. The van der Waals surface area contributed by atoms with Crippen molar-refractivity contribution in [1.29, 1.82) is 0 Å². The second-order valence-corrected chi connectivity index (χ2v) is 8.79. The average molecular weight is 421 g/mol. The molecular formula is C26H32N2O3. The second-order valence-electron chi connectivity index (χ2n) is 8.79. The van der Waals surface area contributed by atoms with Crippen LogP contribution >= 0.6 is 0 Å². The number of hydrogen-bond donors (Lipinski definition) is 0. The molecule has 2 aromatic rings. The van der Waals surface area contributed by atoms with E-state index in [2.05, 4.69) is 0 Å². The summed E-state index contributed by atoms with van der Waals surface area (Å²) in [5.41, 5.74) is 2.66. The SMILES string of the molecule is Cc1ccc(C(=O)N2CCC(COc3ccc(C(=O)N4CCCCC4)cc3)CC2)cc1. The van der Waals surface area contributed by atoms with E-state index in [-0.39, 0.29) is 11.8 Å². The predicted octanol–water partition coefficient (Wildman–Crippen LogP) is 4.55. The molecule has 4 rings (SSSR count). The second kappa shape index (κ2) is 9.99. The first-order valence-corrected chi connectivity index (χ1v) is 11.5. The Bertz CT molecular complexity index is 878. The summed E-state index contributed by atoms with van der Waals surface area (Å²) in [5, 5.41) is 0. The van der Waals surface area contributed by atoms with Crippen molar-refractivity contribution in [3.8, 4) is 5.75 Å². The molecule has 0 radical (unpaired) electrons. The van der Waals surface area contributed by atoms with Crippen molar-refractivity contribution in [1.82, 2.24) is 9.80 Å². The Morgan fingerprint density at radius 2 is 1.29 bits per heavy atom. The van der Waals surface area contributed by atoms with Crippen LogP contribution in [0.15, 0.2) is 48.5 Å². The van der Waals surface area contributed by atoms with E-state index in [1.807, 2.05) is 65.3 Å². The standard InChI is InChI=1S/C26H32N2O3/c1-20-5-7-22(8-6-20)26(30)28-17-13-21(14-18-28)19-31-24-11-9-23(10-12-24)25(29)27-15-3-2-4-16-27/h5-12,21H,2-4,13-19H2,1H3. The molecule has 2 heterocycles. The van der Waals surface area contributed by atoms with E-state index in [0.29, 0.717) is 12.5 Å². The Hall–Kier alpha value is -2.82. The van der Waals surface area contributed by atoms with Gasteiger partial charge in [0.15, 0.2) is 0 Å². The van der Waals surface area contributed by atoms with Crippen molar-refractivity contribution in [2.45, 2.75) is 39.0 Å². The van der Waals surface area contributed by atoms with E-state index in [1.165, 1.54) is 6.42 Å². The lowest BCUT2D eigenvalue weighted by Gasteiger charge is -2.32. The molecule has 0 atom stereocenters. The predicted molar refractivity (Wildman–Crippen MR) is 121 cm³/mol. The Kier molecular flexibility index (Phi) is 6.90. The van der Waals surface area contributed by atoms with E-state index in [4.69, 9.17) is 4.74 Å². The Balaban J connectivity index is 1.23. The van der Waals surface area contributed by atoms with Crippen LogP contribution in [0.1, 0.15) is 58.4 Å². The topological polar surface area (TPSA) is 49.9 Å². The molecule has 164 valence electrons. The number of benzene rings is 2.